The van der Waals surface area contributed by atoms with E-state index in [-0.39, 0.29) is 30.1 Å². The van der Waals surface area contributed by atoms with Crippen LogP contribution in [0.4, 0.5) is 5.69 Å². The zero-order chi connectivity index (χ0) is 18.7. The molecule has 2 aromatic rings. The highest BCUT2D eigenvalue weighted by atomic mass is 16.3. The molecule has 0 atom stereocenters. The first-order valence-electron chi connectivity index (χ1n) is 8.73. The molecule has 1 aromatic heterocycles. The van der Waals surface area contributed by atoms with E-state index in [9.17, 15) is 14.4 Å². The number of Topliss-reactive ketones (excluding diaryl/α,β-unsaturated/α-hetero) is 1. The molecule has 136 valence electrons. The molecule has 0 unspecified atom stereocenters. The molecular weight excluding hydrogens is 332 g/mol. The van der Waals surface area contributed by atoms with Crippen molar-refractivity contribution in [3.63, 3.8) is 0 Å². The van der Waals surface area contributed by atoms with Crippen LogP contribution in [0.2, 0.25) is 0 Å². The molecule has 1 aliphatic rings. The van der Waals surface area contributed by atoms with Gasteiger partial charge in [0.25, 0.3) is 5.91 Å². The Morgan fingerprint density at radius 1 is 1.19 bits per heavy atom. The van der Waals surface area contributed by atoms with E-state index in [1.807, 2.05) is 0 Å². The first-order valence-corrected chi connectivity index (χ1v) is 8.73. The monoisotopic (exact) mass is 354 g/mol. The van der Waals surface area contributed by atoms with Gasteiger partial charge in [0, 0.05) is 30.1 Å². The molecule has 26 heavy (non-hydrogen) atoms. The predicted molar refractivity (Wildman–Crippen MR) is 97.3 cm³/mol. The van der Waals surface area contributed by atoms with Gasteiger partial charge in [-0.05, 0) is 51.0 Å². The van der Waals surface area contributed by atoms with Crippen LogP contribution in [-0.4, -0.2) is 23.6 Å². The molecule has 1 saturated carbocycles. The second-order valence-corrected chi connectivity index (χ2v) is 6.62. The van der Waals surface area contributed by atoms with Gasteiger partial charge < -0.3 is 15.1 Å². The van der Waals surface area contributed by atoms with Crippen LogP contribution in [0.25, 0.3) is 0 Å². The number of benzene rings is 1. The quantitative estimate of drug-likeness (QED) is 0.747. The van der Waals surface area contributed by atoms with Crippen molar-refractivity contribution >= 4 is 23.3 Å². The highest BCUT2D eigenvalue weighted by molar-refractivity contribution is 5.97. The number of amides is 2. The van der Waals surface area contributed by atoms with Crippen LogP contribution in [0.5, 0.6) is 0 Å². The summed E-state index contributed by atoms with van der Waals surface area (Å²) in [6.45, 7) is 3.22. The van der Waals surface area contributed by atoms with Gasteiger partial charge in [-0.2, -0.15) is 0 Å². The Morgan fingerprint density at radius 2 is 1.96 bits per heavy atom. The molecule has 6 nitrogen and oxygen atoms in total. The number of nitrogens with one attached hydrogen (secondary N) is 2. The van der Waals surface area contributed by atoms with Crippen LogP contribution in [0, 0.1) is 6.92 Å². The van der Waals surface area contributed by atoms with Crippen LogP contribution in [0.15, 0.2) is 34.7 Å². The summed E-state index contributed by atoms with van der Waals surface area (Å²) >= 11 is 0. The molecule has 0 aliphatic heterocycles. The third kappa shape index (κ3) is 4.59. The maximum atomic E-state index is 12.2. The zero-order valence-corrected chi connectivity index (χ0v) is 14.9. The van der Waals surface area contributed by atoms with Gasteiger partial charge in [0.2, 0.25) is 5.91 Å². The van der Waals surface area contributed by atoms with Crippen LogP contribution in [0.1, 0.15) is 58.4 Å². The van der Waals surface area contributed by atoms with Gasteiger partial charge in [0.05, 0.1) is 5.56 Å². The summed E-state index contributed by atoms with van der Waals surface area (Å²) in [5.41, 5.74) is 1.66. The Balaban J connectivity index is 1.55. The Morgan fingerprint density at radius 3 is 2.62 bits per heavy atom. The van der Waals surface area contributed by atoms with Crippen LogP contribution in [-0.2, 0) is 11.2 Å². The van der Waals surface area contributed by atoms with Crippen molar-refractivity contribution in [2.45, 2.75) is 45.6 Å². The summed E-state index contributed by atoms with van der Waals surface area (Å²) in [6.07, 6.45) is 2.68. The first kappa shape index (κ1) is 17.9. The minimum absolute atomic E-state index is 0.0526. The topological polar surface area (TPSA) is 88.4 Å². The molecule has 1 heterocycles. The van der Waals surface area contributed by atoms with Crippen LogP contribution >= 0.6 is 0 Å². The average molecular weight is 354 g/mol. The highest BCUT2D eigenvalue weighted by Gasteiger charge is 2.23. The van der Waals surface area contributed by atoms with Gasteiger partial charge in [0.15, 0.2) is 5.78 Å². The largest absolute Gasteiger partial charge is 0.466 e. The molecule has 1 aromatic carbocycles. The van der Waals surface area contributed by atoms with E-state index in [2.05, 4.69) is 10.6 Å². The lowest BCUT2D eigenvalue weighted by Crippen LogP contribution is -2.25. The number of hydrogen-bond acceptors (Lipinski definition) is 4. The summed E-state index contributed by atoms with van der Waals surface area (Å²) in [4.78, 5) is 35.7. The number of aryl methyl sites for hydroxylation is 2. The van der Waals surface area contributed by atoms with Gasteiger partial charge >= 0.3 is 0 Å². The molecule has 1 fully saturated rings. The Labute approximate surface area is 152 Å². The minimum Gasteiger partial charge on any atom is -0.466 e. The van der Waals surface area contributed by atoms with Crippen molar-refractivity contribution in [3.8, 4) is 0 Å². The number of ketones is 1. The fourth-order valence-corrected chi connectivity index (χ4v) is 2.71. The fraction of sp³-hybridized carbons (Fsp3) is 0.350. The molecule has 1 aliphatic carbocycles. The first-order chi connectivity index (χ1) is 12.4. The second-order valence-electron chi connectivity index (χ2n) is 6.62. The normalized spacial score (nSPS) is 13.3. The van der Waals surface area contributed by atoms with Crippen molar-refractivity contribution in [1.29, 1.82) is 0 Å². The van der Waals surface area contributed by atoms with Crippen molar-refractivity contribution in [3.05, 3.63) is 53.0 Å². The lowest BCUT2D eigenvalue weighted by atomic mass is 10.1. The van der Waals surface area contributed by atoms with Crippen molar-refractivity contribution in [1.82, 2.24) is 5.32 Å². The van der Waals surface area contributed by atoms with E-state index >= 15 is 0 Å². The lowest BCUT2D eigenvalue weighted by Gasteiger charge is -2.07. The van der Waals surface area contributed by atoms with Gasteiger partial charge in [0.1, 0.15) is 11.5 Å². The van der Waals surface area contributed by atoms with Crippen LogP contribution in [0.3, 0.4) is 0 Å². The Bertz CT molecular complexity index is 849. The SMILES string of the molecule is CC(=O)c1cc(CCC(=O)Nc2cccc(C(=O)NC3CC3)c2)oc1C. The second kappa shape index (κ2) is 7.56. The van der Waals surface area contributed by atoms with Gasteiger partial charge in [-0.3, -0.25) is 14.4 Å². The molecular formula is C20H22N2O4. The third-order valence-corrected chi connectivity index (χ3v) is 4.27. The number of furan rings is 1. The number of carbonyl (C=O) groups is 3. The standard InChI is InChI=1S/C20H22N2O4/c1-12(23)18-11-17(26-13(18)2)8-9-19(24)21-16-5-3-4-14(10-16)20(25)22-15-6-7-15/h3-5,10-11,15H,6-9H2,1-2H3,(H,21,24)(H,22,25). The predicted octanol–water partition coefficient (Wildman–Crippen LogP) is 3.25. The third-order valence-electron chi connectivity index (χ3n) is 4.27. The molecule has 2 N–H and O–H groups in total. The molecule has 3 rings (SSSR count). The summed E-state index contributed by atoms with van der Waals surface area (Å²) in [7, 11) is 0. The molecule has 0 bridgehead atoms. The molecule has 0 saturated heterocycles. The smallest absolute Gasteiger partial charge is 0.251 e. The zero-order valence-electron chi connectivity index (χ0n) is 14.9. The van der Waals surface area contributed by atoms with Gasteiger partial charge in [-0.25, -0.2) is 0 Å². The van der Waals surface area contributed by atoms with E-state index in [4.69, 9.17) is 4.42 Å². The highest BCUT2D eigenvalue weighted by Crippen LogP contribution is 2.20. The fourth-order valence-electron chi connectivity index (χ4n) is 2.71. The minimum atomic E-state index is -0.178. The molecule has 2 amide bonds. The van der Waals surface area contributed by atoms with E-state index in [1.54, 1.807) is 37.3 Å². The van der Waals surface area contributed by atoms with Gasteiger partial charge in [-0.15, -0.1) is 0 Å². The summed E-state index contributed by atoms with van der Waals surface area (Å²) < 4.78 is 5.52. The number of rotatable bonds is 7. The van der Waals surface area contributed by atoms with E-state index < -0.39 is 0 Å². The number of hydrogen-bond donors (Lipinski definition) is 2. The van der Waals surface area contributed by atoms with Crippen molar-refractivity contribution < 1.29 is 18.8 Å². The van der Waals surface area contributed by atoms with Crippen LogP contribution < -0.4 is 10.6 Å². The summed E-state index contributed by atoms with van der Waals surface area (Å²) in [5, 5.41) is 5.72. The lowest BCUT2D eigenvalue weighted by molar-refractivity contribution is -0.116. The molecule has 0 spiro atoms. The molecule has 6 heteroatoms. The molecule has 0 radical (unpaired) electrons. The maximum absolute atomic E-state index is 12.2. The Kier molecular flexibility index (Phi) is 5.21. The summed E-state index contributed by atoms with van der Waals surface area (Å²) in [6, 6.07) is 8.86. The van der Waals surface area contributed by atoms with E-state index in [0.29, 0.717) is 34.8 Å². The number of anilines is 1. The van der Waals surface area contributed by atoms with E-state index in [0.717, 1.165) is 12.8 Å². The van der Waals surface area contributed by atoms with Gasteiger partial charge in [-0.1, -0.05) is 6.07 Å². The summed E-state index contributed by atoms with van der Waals surface area (Å²) in [5.74, 6) is 0.834. The maximum Gasteiger partial charge on any atom is 0.251 e. The average Bonchev–Trinajstić information content (AvgIpc) is 3.32. The number of carbonyl (C=O) groups excluding carboxylic acids is 3. The Hall–Kier alpha value is -2.89. The van der Waals surface area contributed by atoms with E-state index in [1.165, 1.54) is 6.92 Å². The van der Waals surface area contributed by atoms with Crippen molar-refractivity contribution in [2.24, 2.45) is 0 Å². The van der Waals surface area contributed by atoms with Crippen molar-refractivity contribution in [2.75, 3.05) is 5.32 Å².